The number of amides is 2. The van der Waals surface area contributed by atoms with E-state index in [1.165, 1.54) is 16.2 Å². The van der Waals surface area contributed by atoms with E-state index in [0.29, 0.717) is 16.1 Å². The number of primary amides is 1. The van der Waals surface area contributed by atoms with Gasteiger partial charge in [0.1, 0.15) is 5.00 Å². The van der Waals surface area contributed by atoms with Crippen molar-refractivity contribution in [2.24, 2.45) is 5.73 Å². The highest BCUT2D eigenvalue weighted by molar-refractivity contribution is 7.80. The number of anilines is 1. The van der Waals surface area contributed by atoms with Crippen LogP contribution < -0.4 is 16.4 Å². The number of nitrogens with one attached hydrogen (secondary N) is 2. The number of thiocarbonyl (C=S) groups is 1. The first-order valence-corrected chi connectivity index (χ1v) is 9.22. The van der Waals surface area contributed by atoms with Crippen molar-refractivity contribution in [2.75, 3.05) is 5.32 Å². The summed E-state index contributed by atoms with van der Waals surface area (Å²) in [4.78, 5) is 25.3. The van der Waals surface area contributed by atoms with Crippen LogP contribution in [-0.4, -0.2) is 16.9 Å². The summed E-state index contributed by atoms with van der Waals surface area (Å²) in [5.41, 5.74) is 9.61. The first-order valence-electron chi connectivity index (χ1n) is 8.00. The number of hydrogen-bond donors (Lipinski definition) is 3. The molecule has 1 aliphatic carbocycles. The van der Waals surface area contributed by atoms with Gasteiger partial charge >= 0.3 is 0 Å². The Balaban J connectivity index is 1.75. The number of fused-ring (bicyclic) bond motifs is 1. The highest BCUT2D eigenvalue weighted by Crippen LogP contribution is 2.38. The molecule has 130 valence electrons. The normalized spacial score (nSPS) is 12.6. The summed E-state index contributed by atoms with van der Waals surface area (Å²) in [6, 6.07) is 5.61. The van der Waals surface area contributed by atoms with Gasteiger partial charge in [0.25, 0.3) is 11.8 Å². The van der Waals surface area contributed by atoms with Crippen molar-refractivity contribution in [2.45, 2.75) is 33.1 Å². The molecular weight excluding hydrogens is 354 g/mol. The van der Waals surface area contributed by atoms with E-state index in [-0.39, 0.29) is 11.0 Å². The Kier molecular flexibility index (Phi) is 4.87. The minimum Gasteiger partial charge on any atom is -0.365 e. The van der Waals surface area contributed by atoms with Gasteiger partial charge in [0.2, 0.25) is 0 Å². The van der Waals surface area contributed by atoms with Crippen molar-refractivity contribution in [1.29, 1.82) is 0 Å². The number of aryl methyl sites for hydroxylation is 3. The van der Waals surface area contributed by atoms with Gasteiger partial charge in [-0.2, -0.15) is 0 Å². The summed E-state index contributed by atoms with van der Waals surface area (Å²) >= 11 is 6.72. The fourth-order valence-corrected chi connectivity index (χ4v) is 4.73. The third-order valence-electron chi connectivity index (χ3n) is 4.11. The smallest absolute Gasteiger partial charge is 0.257 e. The monoisotopic (exact) mass is 373 g/mol. The average molecular weight is 374 g/mol. The molecule has 1 aliphatic rings. The van der Waals surface area contributed by atoms with Crippen LogP contribution in [0.3, 0.4) is 0 Å². The summed E-state index contributed by atoms with van der Waals surface area (Å²) in [6.07, 6.45) is 2.84. The van der Waals surface area contributed by atoms with E-state index in [4.69, 9.17) is 18.0 Å². The van der Waals surface area contributed by atoms with Crippen molar-refractivity contribution in [3.05, 3.63) is 50.9 Å². The molecule has 0 bridgehead atoms. The number of benzene rings is 1. The molecule has 0 spiro atoms. The predicted molar refractivity (Wildman–Crippen MR) is 104 cm³/mol. The van der Waals surface area contributed by atoms with Crippen molar-refractivity contribution in [1.82, 2.24) is 5.32 Å². The number of thiophene rings is 1. The van der Waals surface area contributed by atoms with Gasteiger partial charge in [-0.1, -0.05) is 17.2 Å². The summed E-state index contributed by atoms with van der Waals surface area (Å²) in [5.74, 6) is -0.751. The predicted octanol–water partition coefficient (Wildman–Crippen LogP) is 3.08. The van der Waals surface area contributed by atoms with E-state index in [1.807, 2.05) is 19.9 Å². The fraction of sp³-hybridized carbons (Fsp3) is 0.278. The standard InChI is InChI=1S/C18H19N3O2S2/c1-9-6-10(2)8-11(7-9)16(23)20-18(24)21-17-14(15(19)22)12-4-3-5-13(12)25-17/h6-8H,3-5H2,1-2H3,(H2,19,22)(H2,20,21,23,24). The summed E-state index contributed by atoms with van der Waals surface area (Å²) in [7, 11) is 0. The molecule has 0 saturated heterocycles. The van der Waals surface area contributed by atoms with Crippen molar-refractivity contribution < 1.29 is 9.59 Å². The summed E-state index contributed by atoms with van der Waals surface area (Å²) < 4.78 is 0. The zero-order chi connectivity index (χ0) is 18.1. The second-order valence-electron chi connectivity index (χ2n) is 6.21. The number of hydrogen-bond acceptors (Lipinski definition) is 4. The second-order valence-corrected chi connectivity index (χ2v) is 7.72. The topological polar surface area (TPSA) is 84.2 Å². The minimum absolute atomic E-state index is 0.159. The Morgan fingerprint density at radius 3 is 2.48 bits per heavy atom. The molecule has 2 amide bonds. The summed E-state index contributed by atoms with van der Waals surface area (Å²) in [5, 5.41) is 6.41. The van der Waals surface area contributed by atoms with E-state index in [2.05, 4.69) is 10.6 Å². The lowest BCUT2D eigenvalue weighted by Gasteiger charge is -2.10. The van der Waals surface area contributed by atoms with Gasteiger partial charge < -0.3 is 11.1 Å². The zero-order valence-electron chi connectivity index (χ0n) is 14.1. The van der Waals surface area contributed by atoms with Gasteiger partial charge in [0, 0.05) is 10.4 Å². The second kappa shape index (κ2) is 6.93. The number of nitrogens with two attached hydrogens (primary N) is 1. The molecule has 4 N–H and O–H groups in total. The van der Waals surface area contributed by atoms with Crippen LogP contribution in [0, 0.1) is 13.8 Å². The molecular formula is C18H19N3O2S2. The molecule has 0 unspecified atom stereocenters. The third-order valence-corrected chi connectivity index (χ3v) is 5.52. The number of carbonyl (C=O) groups is 2. The molecule has 0 fully saturated rings. The van der Waals surface area contributed by atoms with E-state index in [1.54, 1.807) is 12.1 Å². The van der Waals surface area contributed by atoms with Crippen molar-refractivity contribution in [3.8, 4) is 0 Å². The molecule has 5 nitrogen and oxygen atoms in total. The molecule has 7 heteroatoms. The van der Waals surface area contributed by atoms with Crippen LogP contribution in [0.1, 0.15) is 48.7 Å². The van der Waals surface area contributed by atoms with E-state index in [0.717, 1.165) is 36.0 Å². The summed E-state index contributed by atoms with van der Waals surface area (Å²) in [6.45, 7) is 3.87. The largest absolute Gasteiger partial charge is 0.365 e. The lowest BCUT2D eigenvalue weighted by atomic mass is 10.1. The van der Waals surface area contributed by atoms with Gasteiger partial charge in [0.05, 0.1) is 5.56 Å². The van der Waals surface area contributed by atoms with Crippen molar-refractivity contribution >= 4 is 45.5 Å². The maximum absolute atomic E-state index is 12.4. The maximum atomic E-state index is 12.4. The highest BCUT2D eigenvalue weighted by Gasteiger charge is 2.25. The first kappa shape index (κ1) is 17.6. The van der Waals surface area contributed by atoms with E-state index >= 15 is 0 Å². The van der Waals surface area contributed by atoms with Crippen LogP contribution in [0.25, 0.3) is 0 Å². The minimum atomic E-state index is -0.467. The quantitative estimate of drug-likeness (QED) is 0.722. The van der Waals surface area contributed by atoms with Crippen LogP contribution in [-0.2, 0) is 12.8 Å². The Labute approximate surface area is 155 Å². The first-order chi connectivity index (χ1) is 11.8. The van der Waals surface area contributed by atoms with Crippen LogP contribution in [0.5, 0.6) is 0 Å². The fourth-order valence-electron chi connectivity index (χ4n) is 3.17. The number of rotatable bonds is 3. The molecule has 25 heavy (non-hydrogen) atoms. The Morgan fingerprint density at radius 2 is 1.84 bits per heavy atom. The van der Waals surface area contributed by atoms with Crippen LogP contribution in [0.2, 0.25) is 0 Å². The molecule has 1 aromatic heterocycles. The lowest BCUT2D eigenvalue weighted by Crippen LogP contribution is -2.34. The third kappa shape index (κ3) is 3.72. The maximum Gasteiger partial charge on any atom is 0.257 e. The van der Waals surface area contributed by atoms with E-state index in [9.17, 15) is 9.59 Å². The Bertz CT molecular complexity index is 866. The van der Waals surface area contributed by atoms with Crippen LogP contribution in [0.15, 0.2) is 18.2 Å². The number of carbonyl (C=O) groups excluding carboxylic acids is 2. The molecule has 1 aromatic carbocycles. The molecule has 1 heterocycles. The highest BCUT2D eigenvalue weighted by atomic mass is 32.1. The molecule has 2 aromatic rings. The molecule has 0 atom stereocenters. The Morgan fingerprint density at radius 1 is 1.16 bits per heavy atom. The molecule has 0 aliphatic heterocycles. The molecule has 0 saturated carbocycles. The van der Waals surface area contributed by atoms with Gasteiger partial charge in [-0.3, -0.25) is 14.9 Å². The molecule has 3 rings (SSSR count). The Hall–Kier alpha value is -2.25. The van der Waals surface area contributed by atoms with Gasteiger partial charge in [0.15, 0.2) is 5.11 Å². The van der Waals surface area contributed by atoms with Gasteiger partial charge in [-0.05, 0) is 63.0 Å². The van der Waals surface area contributed by atoms with Gasteiger partial charge in [-0.25, -0.2) is 0 Å². The lowest BCUT2D eigenvalue weighted by molar-refractivity contribution is 0.0975. The van der Waals surface area contributed by atoms with Crippen LogP contribution in [0.4, 0.5) is 5.00 Å². The van der Waals surface area contributed by atoms with Crippen LogP contribution >= 0.6 is 23.6 Å². The average Bonchev–Trinajstić information content (AvgIpc) is 3.05. The SMILES string of the molecule is Cc1cc(C)cc(C(=O)NC(=S)Nc2sc3c(c2C(N)=O)CCC3)c1. The van der Waals surface area contributed by atoms with Crippen molar-refractivity contribution in [3.63, 3.8) is 0 Å². The van der Waals surface area contributed by atoms with Gasteiger partial charge in [-0.15, -0.1) is 11.3 Å². The zero-order valence-corrected chi connectivity index (χ0v) is 15.7. The molecule has 0 radical (unpaired) electrons. The van der Waals surface area contributed by atoms with E-state index < -0.39 is 5.91 Å².